The molecule has 6 heteroatoms. The molecule has 1 aromatic heterocycles. The van der Waals surface area contributed by atoms with E-state index in [1.807, 2.05) is 12.1 Å². The Morgan fingerprint density at radius 1 is 1.44 bits per heavy atom. The molecule has 0 fully saturated rings. The summed E-state index contributed by atoms with van der Waals surface area (Å²) in [6.07, 6.45) is 0.000492. The van der Waals surface area contributed by atoms with E-state index in [2.05, 4.69) is 10.3 Å². The molecule has 0 saturated heterocycles. The fraction of sp³-hybridized carbons (Fsp3) is 0.417. The zero-order chi connectivity index (χ0) is 13.0. The van der Waals surface area contributed by atoms with E-state index in [0.29, 0.717) is 18.8 Å². The van der Waals surface area contributed by atoms with Gasteiger partial charge in [-0.25, -0.2) is 4.98 Å². The van der Waals surface area contributed by atoms with Gasteiger partial charge >= 0.3 is 0 Å². The molecule has 1 aromatic carbocycles. The standard InChI is InChI=1S/C12H17N3O2S/c1-16-6-8(17-2)5-14-9-3-4-10-12(11(9)13)15-7-18-10/h3-4,7-8,14H,5-6,13H2,1-2H3. The maximum Gasteiger partial charge on any atom is 0.106 e. The number of anilines is 2. The number of nitrogens with zero attached hydrogens (tertiary/aromatic N) is 1. The molecule has 5 nitrogen and oxygen atoms in total. The van der Waals surface area contributed by atoms with Crippen molar-refractivity contribution in [2.75, 3.05) is 38.4 Å². The third kappa shape index (κ3) is 2.72. The normalized spacial score (nSPS) is 12.8. The molecule has 0 radical (unpaired) electrons. The maximum atomic E-state index is 6.07. The second kappa shape index (κ2) is 5.99. The summed E-state index contributed by atoms with van der Waals surface area (Å²) in [5.41, 5.74) is 10.3. The zero-order valence-corrected chi connectivity index (χ0v) is 11.3. The van der Waals surface area contributed by atoms with Gasteiger partial charge in [-0.3, -0.25) is 0 Å². The minimum absolute atomic E-state index is 0.000492. The number of nitrogen functional groups attached to an aromatic ring is 1. The Bertz CT molecular complexity index is 515. The van der Waals surface area contributed by atoms with Crippen molar-refractivity contribution in [3.05, 3.63) is 17.6 Å². The lowest BCUT2D eigenvalue weighted by atomic mass is 10.2. The van der Waals surface area contributed by atoms with Crippen LogP contribution in [-0.2, 0) is 9.47 Å². The number of ether oxygens (including phenoxy) is 2. The average Bonchev–Trinajstić information content (AvgIpc) is 2.85. The third-order valence-electron chi connectivity index (χ3n) is 2.75. The van der Waals surface area contributed by atoms with Gasteiger partial charge in [0.05, 0.1) is 34.3 Å². The molecule has 0 saturated carbocycles. The number of aromatic nitrogens is 1. The molecule has 98 valence electrons. The largest absolute Gasteiger partial charge is 0.395 e. The number of methoxy groups -OCH3 is 2. The number of hydrogen-bond acceptors (Lipinski definition) is 6. The minimum atomic E-state index is 0.000492. The minimum Gasteiger partial charge on any atom is -0.395 e. The lowest BCUT2D eigenvalue weighted by Crippen LogP contribution is -2.26. The van der Waals surface area contributed by atoms with Crippen molar-refractivity contribution < 1.29 is 9.47 Å². The number of fused-ring (bicyclic) bond motifs is 1. The summed E-state index contributed by atoms with van der Waals surface area (Å²) in [5.74, 6) is 0. The number of hydrogen-bond donors (Lipinski definition) is 2. The predicted molar refractivity (Wildman–Crippen MR) is 75.2 cm³/mol. The molecule has 1 heterocycles. The molecule has 3 N–H and O–H groups in total. The highest BCUT2D eigenvalue weighted by atomic mass is 32.1. The first-order chi connectivity index (χ1) is 8.76. The van der Waals surface area contributed by atoms with Crippen LogP contribution in [0.5, 0.6) is 0 Å². The predicted octanol–water partition coefficient (Wildman–Crippen LogP) is 1.95. The first kappa shape index (κ1) is 13.1. The van der Waals surface area contributed by atoms with Crippen molar-refractivity contribution in [2.24, 2.45) is 0 Å². The smallest absolute Gasteiger partial charge is 0.106 e. The van der Waals surface area contributed by atoms with E-state index >= 15 is 0 Å². The van der Waals surface area contributed by atoms with Gasteiger partial charge in [-0.2, -0.15) is 0 Å². The van der Waals surface area contributed by atoms with Crippen molar-refractivity contribution >= 4 is 32.9 Å². The van der Waals surface area contributed by atoms with Gasteiger partial charge in [0.2, 0.25) is 0 Å². The summed E-state index contributed by atoms with van der Waals surface area (Å²) in [4.78, 5) is 4.26. The van der Waals surface area contributed by atoms with Crippen LogP contribution in [-0.4, -0.2) is 38.5 Å². The molecule has 18 heavy (non-hydrogen) atoms. The van der Waals surface area contributed by atoms with Crippen LogP contribution in [0, 0.1) is 0 Å². The summed E-state index contributed by atoms with van der Waals surface area (Å²) in [5, 5.41) is 3.27. The molecule has 0 aliphatic carbocycles. The molecule has 0 aliphatic heterocycles. The Morgan fingerprint density at radius 2 is 2.28 bits per heavy atom. The number of thiazole rings is 1. The Balaban J connectivity index is 2.09. The highest BCUT2D eigenvalue weighted by molar-refractivity contribution is 7.16. The first-order valence-electron chi connectivity index (χ1n) is 5.63. The van der Waals surface area contributed by atoms with Crippen molar-refractivity contribution in [3.63, 3.8) is 0 Å². The van der Waals surface area contributed by atoms with Crippen LogP contribution in [0.4, 0.5) is 11.4 Å². The van der Waals surface area contributed by atoms with E-state index in [1.165, 1.54) is 0 Å². The number of nitrogens with one attached hydrogen (secondary N) is 1. The highest BCUT2D eigenvalue weighted by Crippen LogP contribution is 2.29. The Morgan fingerprint density at radius 3 is 3.00 bits per heavy atom. The fourth-order valence-corrected chi connectivity index (χ4v) is 2.42. The van der Waals surface area contributed by atoms with E-state index in [1.54, 1.807) is 31.1 Å². The first-order valence-corrected chi connectivity index (χ1v) is 6.51. The summed E-state index contributed by atoms with van der Waals surface area (Å²) in [7, 11) is 3.32. The molecule has 0 amide bonds. The SMILES string of the molecule is COCC(CNc1ccc2scnc2c1N)OC. The van der Waals surface area contributed by atoms with Crippen LogP contribution >= 0.6 is 11.3 Å². The second-order valence-corrected chi connectivity index (χ2v) is 4.81. The molecular weight excluding hydrogens is 250 g/mol. The molecule has 0 spiro atoms. The molecule has 1 atom stereocenters. The van der Waals surface area contributed by atoms with Gasteiger partial charge in [-0.1, -0.05) is 0 Å². The van der Waals surface area contributed by atoms with Gasteiger partial charge < -0.3 is 20.5 Å². The van der Waals surface area contributed by atoms with E-state index in [-0.39, 0.29) is 6.10 Å². The van der Waals surface area contributed by atoms with Crippen LogP contribution in [0.2, 0.25) is 0 Å². The number of rotatable bonds is 6. The van der Waals surface area contributed by atoms with Crippen LogP contribution in [0.15, 0.2) is 17.6 Å². The van der Waals surface area contributed by atoms with Crippen molar-refractivity contribution in [3.8, 4) is 0 Å². The van der Waals surface area contributed by atoms with Gasteiger partial charge in [0.15, 0.2) is 0 Å². The van der Waals surface area contributed by atoms with Crippen LogP contribution in [0.1, 0.15) is 0 Å². The lowest BCUT2D eigenvalue weighted by molar-refractivity contribution is 0.0366. The number of nitrogens with two attached hydrogens (primary N) is 1. The Kier molecular flexibility index (Phi) is 4.35. The van der Waals surface area contributed by atoms with Crippen molar-refractivity contribution in [1.29, 1.82) is 0 Å². The molecule has 2 rings (SSSR count). The number of benzene rings is 1. The van der Waals surface area contributed by atoms with E-state index in [0.717, 1.165) is 15.9 Å². The maximum absolute atomic E-state index is 6.07. The summed E-state index contributed by atoms with van der Waals surface area (Å²) >= 11 is 1.58. The Labute approximate surface area is 110 Å². The third-order valence-corrected chi connectivity index (χ3v) is 3.54. The molecule has 0 bridgehead atoms. The summed E-state index contributed by atoms with van der Waals surface area (Å²) < 4.78 is 11.4. The zero-order valence-electron chi connectivity index (χ0n) is 10.5. The van der Waals surface area contributed by atoms with Gasteiger partial charge in [0, 0.05) is 20.8 Å². The second-order valence-electron chi connectivity index (χ2n) is 3.92. The van der Waals surface area contributed by atoms with Gasteiger partial charge in [-0.05, 0) is 12.1 Å². The lowest BCUT2D eigenvalue weighted by Gasteiger charge is -2.16. The van der Waals surface area contributed by atoms with Crippen LogP contribution < -0.4 is 11.1 Å². The van der Waals surface area contributed by atoms with Crippen LogP contribution in [0.3, 0.4) is 0 Å². The van der Waals surface area contributed by atoms with E-state index in [9.17, 15) is 0 Å². The Hall–Kier alpha value is -1.37. The highest BCUT2D eigenvalue weighted by Gasteiger charge is 2.10. The van der Waals surface area contributed by atoms with Gasteiger partial charge in [0.1, 0.15) is 5.52 Å². The molecular formula is C12H17N3O2S. The van der Waals surface area contributed by atoms with Gasteiger partial charge in [-0.15, -0.1) is 11.3 Å². The summed E-state index contributed by atoms with van der Waals surface area (Å²) in [6, 6.07) is 3.99. The molecule has 2 aromatic rings. The monoisotopic (exact) mass is 267 g/mol. The van der Waals surface area contributed by atoms with Crippen molar-refractivity contribution in [1.82, 2.24) is 4.98 Å². The fourth-order valence-electron chi connectivity index (χ4n) is 1.73. The topological polar surface area (TPSA) is 69.4 Å². The quantitative estimate of drug-likeness (QED) is 0.783. The summed E-state index contributed by atoms with van der Waals surface area (Å²) in [6.45, 7) is 1.19. The average molecular weight is 267 g/mol. The van der Waals surface area contributed by atoms with Crippen molar-refractivity contribution in [2.45, 2.75) is 6.10 Å². The van der Waals surface area contributed by atoms with Gasteiger partial charge in [0.25, 0.3) is 0 Å². The molecule has 0 aliphatic rings. The van der Waals surface area contributed by atoms with E-state index < -0.39 is 0 Å². The molecule has 1 unspecified atom stereocenters. The van der Waals surface area contributed by atoms with Crippen LogP contribution in [0.25, 0.3) is 10.2 Å². The van der Waals surface area contributed by atoms with E-state index in [4.69, 9.17) is 15.2 Å².